The van der Waals surface area contributed by atoms with E-state index in [1.54, 1.807) is 6.92 Å². The van der Waals surface area contributed by atoms with E-state index in [0.717, 1.165) is 9.96 Å². The number of amides is 1. The molecule has 2 aromatic rings. The normalized spacial score (nSPS) is 12.7. The highest BCUT2D eigenvalue weighted by Crippen LogP contribution is 2.31. The number of rotatable bonds is 12. The predicted molar refractivity (Wildman–Crippen MR) is 125 cm³/mol. The number of nitrogen functional groups attached to an aromatic ring is 1. The molecular weight excluding hydrogens is 485 g/mol. The summed E-state index contributed by atoms with van der Waals surface area (Å²) in [4.78, 5) is 37.7. The van der Waals surface area contributed by atoms with E-state index in [-0.39, 0.29) is 41.7 Å². The number of aliphatic carboxylic acids is 2. The van der Waals surface area contributed by atoms with Crippen molar-refractivity contribution in [1.82, 2.24) is 9.96 Å². The van der Waals surface area contributed by atoms with Gasteiger partial charge in [-0.3, -0.25) is 9.59 Å². The highest BCUT2D eigenvalue weighted by Gasteiger charge is 2.35. The first-order valence-corrected chi connectivity index (χ1v) is 11.0. The lowest BCUT2D eigenvalue weighted by molar-refractivity contribution is -0.152. The lowest BCUT2D eigenvalue weighted by Crippen LogP contribution is -2.51. The smallest absolute Gasteiger partial charge is 0.327 e. The predicted octanol–water partition coefficient (Wildman–Crippen LogP) is 3.11. The minimum atomic E-state index is -1.76. The third-order valence-corrected chi connectivity index (χ3v) is 5.47. The zero-order valence-electron chi connectivity index (χ0n) is 19.1. The summed E-state index contributed by atoms with van der Waals surface area (Å²) in [6.45, 7) is 2.93. The molecular formula is C23H27ClFN3O7. The zero-order chi connectivity index (χ0) is 26.3. The summed E-state index contributed by atoms with van der Waals surface area (Å²) in [6.07, 6.45) is -0.885. The second-order valence-electron chi connectivity index (χ2n) is 7.79. The van der Waals surface area contributed by atoms with Crippen molar-refractivity contribution in [1.29, 1.82) is 0 Å². The summed E-state index contributed by atoms with van der Waals surface area (Å²) in [5.74, 6) is -4.26. The maximum atomic E-state index is 13.5. The van der Waals surface area contributed by atoms with Crippen molar-refractivity contribution >= 4 is 35.1 Å². The van der Waals surface area contributed by atoms with Gasteiger partial charge in [0.2, 0.25) is 0 Å². The third-order valence-electron chi connectivity index (χ3n) is 5.15. The van der Waals surface area contributed by atoms with E-state index >= 15 is 0 Å². The Labute approximate surface area is 206 Å². The number of carbonyl (C=O) groups excluding carboxylic acids is 1. The summed E-state index contributed by atoms with van der Waals surface area (Å²) < 4.78 is 18.6. The Morgan fingerprint density at radius 1 is 1.17 bits per heavy atom. The number of ether oxygens (including phenoxy) is 1. The Bertz CT molecular complexity index is 1070. The van der Waals surface area contributed by atoms with Gasteiger partial charge in [0, 0.05) is 19.2 Å². The number of nitrogens with two attached hydrogens (primary N) is 1. The number of nitrogens with zero attached hydrogens (tertiary/aromatic N) is 2. The SMILES string of the molecule is CCOc1cc(N)c(Cl)cc1C(=O)N(C[C@@H](C)N(O)Cc1ccc(F)cc1)[C@H](CC(=O)O)C(=O)O. The molecule has 35 heavy (non-hydrogen) atoms. The molecule has 0 unspecified atom stereocenters. The zero-order valence-corrected chi connectivity index (χ0v) is 19.9. The molecule has 0 heterocycles. The first-order valence-electron chi connectivity index (χ1n) is 10.6. The van der Waals surface area contributed by atoms with Crippen molar-refractivity contribution in [2.45, 2.75) is 38.9 Å². The molecule has 0 saturated heterocycles. The summed E-state index contributed by atoms with van der Waals surface area (Å²) in [7, 11) is 0. The van der Waals surface area contributed by atoms with E-state index in [9.17, 15) is 34.2 Å². The number of hydrogen-bond donors (Lipinski definition) is 4. The van der Waals surface area contributed by atoms with Gasteiger partial charge in [0.15, 0.2) is 0 Å². The number of benzene rings is 2. The first-order chi connectivity index (χ1) is 16.4. The summed E-state index contributed by atoms with van der Waals surface area (Å²) in [5, 5.41) is 30.4. The first kappa shape index (κ1) is 27.8. The number of hydroxylamine groups is 2. The van der Waals surface area contributed by atoms with Crippen LogP contribution in [-0.2, 0) is 16.1 Å². The number of anilines is 1. The van der Waals surface area contributed by atoms with Crippen LogP contribution in [0.2, 0.25) is 5.02 Å². The van der Waals surface area contributed by atoms with Crippen LogP contribution in [0.4, 0.5) is 10.1 Å². The van der Waals surface area contributed by atoms with E-state index in [4.69, 9.17) is 22.1 Å². The second kappa shape index (κ2) is 12.3. The van der Waals surface area contributed by atoms with Gasteiger partial charge in [0.1, 0.15) is 17.6 Å². The van der Waals surface area contributed by atoms with Crippen LogP contribution in [0.25, 0.3) is 0 Å². The Morgan fingerprint density at radius 2 is 1.80 bits per heavy atom. The molecule has 2 aromatic carbocycles. The molecule has 1 amide bonds. The van der Waals surface area contributed by atoms with Gasteiger partial charge in [0.05, 0.1) is 35.3 Å². The monoisotopic (exact) mass is 511 g/mol. The van der Waals surface area contributed by atoms with Gasteiger partial charge in [-0.1, -0.05) is 23.7 Å². The highest BCUT2D eigenvalue weighted by atomic mass is 35.5. The second-order valence-corrected chi connectivity index (χ2v) is 8.19. The fourth-order valence-electron chi connectivity index (χ4n) is 3.33. The molecule has 10 nitrogen and oxygen atoms in total. The van der Waals surface area contributed by atoms with Gasteiger partial charge in [0.25, 0.3) is 5.91 Å². The van der Waals surface area contributed by atoms with Crippen LogP contribution in [-0.4, -0.2) is 68.5 Å². The highest BCUT2D eigenvalue weighted by molar-refractivity contribution is 6.33. The largest absolute Gasteiger partial charge is 0.493 e. The number of carboxylic acids is 2. The third kappa shape index (κ3) is 7.54. The lowest BCUT2D eigenvalue weighted by atomic mass is 10.1. The molecule has 0 aliphatic carbocycles. The van der Waals surface area contributed by atoms with Gasteiger partial charge in [-0.15, -0.1) is 0 Å². The van der Waals surface area contributed by atoms with Crippen molar-refractivity contribution in [3.05, 3.63) is 58.4 Å². The molecule has 0 bridgehead atoms. The molecule has 2 atom stereocenters. The van der Waals surface area contributed by atoms with Crippen LogP contribution in [0, 0.1) is 5.82 Å². The standard InChI is InChI=1S/C23H27ClFN3O7/c1-3-35-20-9-18(26)17(24)8-16(20)22(31)27(19(23(32)33)10-21(29)30)11-13(2)28(34)12-14-4-6-15(25)7-5-14/h4-9,13,19,34H,3,10-12,26H2,1-2H3,(H,29,30)(H,32,33)/t13-,19-/m1/s1. The minimum absolute atomic E-state index is 0.0232. The van der Waals surface area contributed by atoms with E-state index in [1.807, 2.05) is 0 Å². The van der Waals surface area contributed by atoms with Crippen LogP contribution >= 0.6 is 11.6 Å². The molecule has 0 spiro atoms. The fourth-order valence-corrected chi connectivity index (χ4v) is 3.49. The molecule has 0 aliphatic heterocycles. The van der Waals surface area contributed by atoms with E-state index in [0.29, 0.717) is 5.56 Å². The van der Waals surface area contributed by atoms with Crippen molar-refractivity contribution in [2.24, 2.45) is 0 Å². The molecule has 190 valence electrons. The van der Waals surface area contributed by atoms with Crippen LogP contribution < -0.4 is 10.5 Å². The van der Waals surface area contributed by atoms with E-state index < -0.39 is 42.2 Å². The molecule has 5 N–H and O–H groups in total. The summed E-state index contributed by atoms with van der Waals surface area (Å²) in [6, 6.07) is 5.30. The van der Waals surface area contributed by atoms with Gasteiger partial charge < -0.3 is 30.8 Å². The Kier molecular flexibility index (Phi) is 9.81. The molecule has 2 rings (SSSR count). The quantitative estimate of drug-likeness (QED) is 0.248. The van der Waals surface area contributed by atoms with Crippen molar-refractivity contribution in [3.8, 4) is 5.75 Å². The Morgan fingerprint density at radius 3 is 2.34 bits per heavy atom. The number of hydrogen-bond acceptors (Lipinski definition) is 7. The van der Waals surface area contributed by atoms with Gasteiger partial charge >= 0.3 is 11.9 Å². The molecule has 12 heteroatoms. The van der Waals surface area contributed by atoms with Crippen LogP contribution in [0.15, 0.2) is 36.4 Å². The average Bonchev–Trinajstić information content (AvgIpc) is 2.79. The fraction of sp³-hybridized carbons (Fsp3) is 0.348. The van der Waals surface area contributed by atoms with E-state index in [2.05, 4.69) is 0 Å². The van der Waals surface area contributed by atoms with Gasteiger partial charge in [-0.25, -0.2) is 9.18 Å². The van der Waals surface area contributed by atoms with Crippen molar-refractivity contribution < 1.29 is 38.9 Å². The Balaban J connectivity index is 2.42. The van der Waals surface area contributed by atoms with Crippen molar-refractivity contribution in [3.63, 3.8) is 0 Å². The molecule has 0 saturated carbocycles. The van der Waals surface area contributed by atoms with Crippen LogP contribution in [0.1, 0.15) is 36.2 Å². The number of halogens is 2. The van der Waals surface area contributed by atoms with E-state index in [1.165, 1.54) is 43.3 Å². The molecule has 0 aromatic heterocycles. The van der Waals surface area contributed by atoms with Gasteiger partial charge in [-0.05, 0) is 37.6 Å². The molecule has 0 radical (unpaired) electrons. The van der Waals surface area contributed by atoms with Crippen LogP contribution in [0.3, 0.4) is 0 Å². The van der Waals surface area contributed by atoms with Crippen LogP contribution in [0.5, 0.6) is 5.75 Å². The summed E-state index contributed by atoms with van der Waals surface area (Å²) in [5.41, 5.74) is 6.38. The topological polar surface area (TPSA) is 154 Å². The number of carbonyl (C=O) groups is 3. The van der Waals surface area contributed by atoms with Crippen molar-refractivity contribution in [2.75, 3.05) is 18.9 Å². The Hall–Kier alpha value is -3.41. The van der Waals surface area contributed by atoms with Gasteiger partial charge in [-0.2, -0.15) is 5.06 Å². The maximum absolute atomic E-state index is 13.5. The molecule has 0 fully saturated rings. The average molecular weight is 512 g/mol. The molecule has 0 aliphatic rings. The number of carboxylic acid groups (broad SMARTS) is 2. The minimum Gasteiger partial charge on any atom is -0.493 e. The lowest BCUT2D eigenvalue weighted by Gasteiger charge is -2.33. The summed E-state index contributed by atoms with van der Waals surface area (Å²) >= 11 is 6.08. The maximum Gasteiger partial charge on any atom is 0.327 e.